The number of aromatic nitrogens is 8. The van der Waals surface area contributed by atoms with Gasteiger partial charge in [-0.2, -0.15) is 0 Å². The van der Waals surface area contributed by atoms with Crippen LogP contribution in [0.5, 0.6) is 40.2 Å². The highest BCUT2D eigenvalue weighted by Crippen LogP contribution is 2.58. The highest BCUT2D eigenvalue weighted by Gasteiger charge is 2.36. The number of unbranched alkanes of at least 4 members (excludes halogenated alkanes) is 2. The Labute approximate surface area is 612 Å². The van der Waals surface area contributed by atoms with Crippen molar-refractivity contribution in [2.24, 2.45) is 0 Å². The fourth-order valence-electron chi connectivity index (χ4n) is 11.8. The Morgan fingerprint density at radius 3 is 0.938 bits per heavy atom. The van der Waals surface area contributed by atoms with Crippen molar-refractivity contribution in [2.45, 2.75) is 26.2 Å². The molecule has 10 aromatic carbocycles. The normalized spacial score (nSPS) is 11.7. The molecule has 0 aliphatic carbocycles. The zero-order valence-electron chi connectivity index (χ0n) is 49.8. The molecule has 2 N–H and O–H groups in total. The number of halogens is 12. The lowest BCUT2D eigenvalue weighted by Crippen LogP contribution is -1.99. The first kappa shape index (κ1) is 65.2. The van der Waals surface area contributed by atoms with Crippen LogP contribution in [0.25, 0.3) is 123 Å². The molecule has 0 atom stereocenters. The molecule has 2 aliphatic heterocycles. The van der Waals surface area contributed by atoms with E-state index in [9.17, 15) is 0 Å². The Morgan fingerprint density at radius 2 is 0.577 bits per heavy atom. The molecule has 97 heavy (non-hydrogen) atoms. The van der Waals surface area contributed by atoms with E-state index in [-0.39, 0.29) is 180 Å². The van der Waals surface area contributed by atoms with Crippen LogP contribution in [0.1, 0.15) is 26.2 Å². The zero-order chi connectivity index (χ0) is 67.1. The van der Waals surface area contributed by atoms with Crippen LogP contribution in [-0.4, -0.2) is 46.5 Å². The Balaban J connectivity index is 1.06. The Kier molecular flexibility index (Phi) is 18.0. The fourth-order valence-corrected chi connectivity index (χ4v) is 15.2. The number of fused-ring (bicyclic) bond motifs is 20. The highest BCUT2D eigenvalue weighted by atomic mass is 35.5. The topological polar surface area (TPSA) is 146 Å². The van der Waals surface area contributed by atoms with Crippen molar-refractivity contribution in [3.63, 3.8) is 0 Å². The van der Waals surface area contributed by atoms with E-state index < -0.39 is 0 Å². The van der Waals surface area contributed by atoms with E-state index in [1.807, 2.05) is 146 Å². The summed E-state index contributed by atoms with van der Waals surface area (Å²) in [7, 11) is 0. The lowest BCUT2D eigenvalue weighted by Gasteiger charge is -2.17. The van der Waals surface area contributed by atoms with E-state index in [0.29, 0.717) is 23.7 Å². The van der Waals surface area contributed by atoms with Crippen LogP contribution in [0.4, 0.5) is 0 Å². The third kappa shape index (κ3) is 11.5. The van der Waals surface area contributed by atoms with E-state index in [1.165, 1.54) is 0 Å². The van der Waals surface area contributed by atoms with Crippen molar-refractivity contribution < 1.29 is 18.9 Å². The summed E-state index contributed by atoms with van der Waals surface area (Å²) >= 11 is 90.2. The van der Waals surface area contributed by atoms with Crippen molar-refractivity contribution in [1.29, 1.82) is 0 Å². The second kappa shape index (κ2) is 26.8. The maximum absolute atomic E-state index is 7.73. The summed E-state index contributed by atoms with van der Waals surface area (Å²) in [5.41, 5.74) is 5.24. The van der Waals surface area contributed by atoms with Crippen molar-refractivity contribution >= 4 is 183 Å². The minimum atomic E-state index is -0.0947. The summed E-state index contributed by atoms with van der Waals surface area (Å²) in [6.07, 6.45) is 2.47. The van der Waals surface area contributed by atoms with Gasteiger partial charge in [0.25, 0.3) is 0 Å². The first-order valence-corrected chi connectivity index (χ1v) is 34.4. The molecular weight excluding hydrogens is 1480 g/mol. The molecule has 0 fully saturated rings. The highest BCUT2D eigenvalue weighted by molar-refractivity contribution is 6.53. The predicted molar refractivity (Wildman–Crippen MR) is 397 cm³/mol. The molecule has 480 valence electrons. The van der Waals surface area contributed by atoms with E-state index >= 15 is 0 Å². The van der Waals surface area contributed by atoms with Crippen molar-refractivity contribution in [2.75, 3.05) is 6.61 Å². The number of hydrogen-bond donors (Lipinski definition) is 2. The third-order valence-corrected chi connectivity index (χ3v) is 21.1. The SMILES string of the molecule is CCCCCOc1c(Cl)c(Cl)c2c3nc4nc(nc5[nH]c(nc6nc(nc([nH]3)c2c1Cl)-c1c(Cl)c(Cl)c(Oc2ccccc2-c2ccccc2)c(Cl)c1-6)c1c(Cl)c(Cl)c(Oc2ccccc2-c2ccccc2)c(Cl)c51)-c1c(Cl)c(Cl)c(Oc2ccccc2-c2ccccc2)c(Cl)c1-4. The number of hydrogen-bond acceptors (Lipinski definition) is 10. The maximum atomic E-state index is 7.73. The monoisotopic (exact) mass is 1510 g/mol. The molecule has 8 bridgehead atoms. The molecule has 0 saturated heterocycles. The number of aromatic amines is 2. The minimum absolute atomic E-state index is 0.00601. The molecule has 0 saturated carbocycles. The van der Waals surface area contributed by atoms with Crippen LogP contribution in [0.2, 0.25) is 60.3 Å². The average molecular weight is 1520 g/mol. The van der Waals surface area contributed by atoms with E-state index in [4.69, 9.17) is 188 Å². The van der Waals surface area contributed by atoms with Gasteiger partial charge in [-0.25, -0.2) is 29.9 Å². The molecule has 15 rings (SSSR count). The summed E-state index contributed by atoms with van der Waals surface area (Å²) in [5.74, 6) is 0.823. The fraction of sp³-hybridized carbons (Fsp3) is 0.0685. The Bertz CT molecular complexity index is 5510. The van der Waals surface area contributed by atoms with E-state index in [2.05, 4.69) is 16.9 Å². The number of nitrogens with one attached hydrogen (secondary N) is 2. The van der Waals surface area contributed by atoms with Gasteiger partial charge in [0.05, 0.1) is 90.6 Å². The molecule has 5 heterocycles. The van der Waals surface area contributed by atoms with Gasteiger partial charge < -0.3 is 28.9 Å². The summed E-state index contributed by atoms with van der Waals surface area (Å²) in [6.45, 7) is 2.32. The van der Waals surface area contributed by atoms with E-state index in [0.717, 1.165) is 46.2 Å². The lowest BCUT2D eigenvalue weighted by molar-refractivity contribution is 0.307. The van der Waals surface area contributed by atoms with Crippen LogP contribution in [0.15, 0.2) is 164 Å². The number of H-pyrrole nitrogens is 2. The molecular formula is C73H40Cl12N8O4. The minimum Gasteiger partial charge on any atom is -0.490 e. The van der Waals surface area contributed by atoms with Crippen LogP contribution in [-0.2, 0) is 0 Å². The van der Waals surface area contributed by atoms with Gasteiger partial charge in [0.1, 0.15) is 59.9 Å². The van der Waals surface area contributed by atoms with Gasteiger partial charge in [-0.15, -0.1) is 0 Å². The van der Waals surface area contributed by atoms with Gasteiger partial charge in [-0.05, 0) is 41.3 Å². The van der Waals surface area contributed by atoms with Gasteiger partial charge >= 0.3 is 0 Å². The van der Waals surface area contributed by atoms with Crippen LogP contribution in [0, 0.1) is 0 Å². The number of rotatable bonds is 14. The van der Waals surface area contributed by atoms with Crippen LogP contribution < -0.4 is 18.9 Å². The standard InChI is InChI=1S/C73H40Cl12N8O4/c1-2-3-19-32-94-62-54(78)46-42(50(74)58(62)82)66-86-70(46)87-67-43-47(55(79)63(59(83)51(43)75)95-39-29-16-13-26-36(39)33-20-7-4-8-21-33)72(89-67)91-69-45-49(57(81)65(61(85)53(45)77)97-41-31-18-15-28-38(41)35-24-11-6-12-25-35)73(93-69)92-68-44-48(71(88-66)90-68)56(80)64(60(84)52(44)76)96-40-30-17-14-27-37(40)34-22-9-5-10-23-34/h4-18,20-31H,2-3,19,32H2,1H3,(H2,86,87,88,89,90,91,92,93). The molecule has 0 spiro atoms. The second-order valence-electron chi connectivity index (χ2n) is 22.1. The van der Waals surface area contributed by atoms with Gasteiger partial charge in [0.2, 0.25) is 0 Å². The number of benzene rings is 10. The lowest BCUT2D eigenvalue weighted by atomic mass is 10.0. The molecule has 12 nitrogen and oxygen atoms in total. The molecule has 13 aromatic rings. The summed E-state index contributed by atoms with van der Waals surface area (Å²) in [4.78, 5) is 37.9. The second-order valence-corrected chi connectivity index (χ2v) is 26.7. The summed E-state index contributed by atoms with van der Waals surface area (Å²) < 4.78 is 26.6. The molecule has 3 aromatic heterocycles. The Hall–Kier alpha value is -7.76. The smallest absolute Gasteiger partial charge is 0.166 e. The average Bonchev–Trinajstić information content (AvgIpc) is 1.62. The van der Waals surface area contributed by atoms with Gasteiger partial charge in [-0.3, -0.25) is 0 Å². The maximum Gasteiger partial charge on any atom is 0.166 e. The predicted octanol–water partition coefficient (Wildman–Crippen LogP) is 26.7. The first-order valence-electron chi connectivity index (χ1n) is 29.8. The zero-order valence-corrected chi connectivity index (χ0v) is 58.8. The number of para-hydroxylation sites is 3. The van der Waals surface area contributed by atoms with Gasteiger partial charge in [0, 0.05) is 16.7 Å². The number of nitrogens with zero attached hydrogens (tertiary/aromatic N) is 6. The quantitative estimate of drug-likeness (QED) is 0.0797. The van der Waals surface area contributed by atoms with Crippen LogP contribution in [0.3, 0.4) is 0 Å². The summed E-state index contributed by atoms with van der Waals surface area (Å²) in [6, 6.07) is 51.1. The van der Waals surface area contributed by atoms with Gasteiger partial charge in [-0.1, -0.05) is 305 Å². The van der Waals surface area contributed by atoms with Crippen molar-refractivity contribution in [3.8, 4) is 119 Å². The van der Waals surface area contributed by atoms with Crippen LogP contribution >= 0.6 is 139 Å². The Morgan fingerprint density at radius 1 is 0.289 bits per heavy atom. The molecule has 2 aliphatic rings. The van der Waals surface area contributed by atoms with Crippen molar-refractivity contribution in [3.05, 3.63) is 224 Å². The summed E-state index contributed by atoms with van der Waals surface area (Å²) in [5, 5.41) is -0.0543. The van der Waals surface area contributed by atoms with Crippen molar-refractivity contribution in [1.82, 2.24) is 39.9 Å². The third-order valence-electron chi connectivity index (χ3n) is 16.3. The molecule has 0 radical (unpaired) electrons. The number of ether oxygens (including phenoxy) is 4. The van der Waals surface area contributed by atoms with E-state index in [1.54, 1.807) is 18.2 Å². The molecule has 0 amide bonds. The molecule has 24 heteroatoms. The first-order chi connectivity index (χ1) is 47.1. The van der Waals surface area contributed by atoms with Gasteiger partial charge in [0.15, 0.2) is 46.3 Å². The molecule has 0 unspecified atom stereocenters. The largest absolute Gasteiger partial charge is 0.490 e.